The number of hydrogen-bond acceptors (Lipinski definition) is 4. The van der Waals surface area contributed by atoms with Gasteiger partial charge in [0.25, 0.3) is 0 Å². The molecule has 0 unspecified atom stereocenters. The Balaban J connectivity index is 4.81. The average molecular weight is 265 g/mol. The summed E-state index contributed by atoms with van der Waals surface area (Å²) in [6, 6.07) is -1.03. The van der Waals surface area contributed by atoms with Gasteiger partial charge >= 0.3 is 5.97 Å². The molecule has 0 heterocycles. The molecule has 4 nitrogen and oxygen atoms in total. The van der Waals surface area contributed by atoms with Gasteiger partial charge in [-0.05, 0) is 13.8 Å². The number of carboxylic acids is 1. The molecule has 0 aliphatic carbocycles. The van der Waals surface area contributed by atoms with E-state index in [0.717, 1.165) is 0 Å². The van der Waals surface area contributed by atoms with Gasteiger partial charge in [-0.25, -0.2) is 4.79 Å². The minimum atomic E-state index is -1.09. The number of carbonyl (C=O) groups excluding carboxylic acids is 1. The van der Waals surface area contributed by atoms with Crippen LogP contribution in [-0.2, 0) is 9.59 Å². The summed E-state index contributed by atoms with van der Waals surface area (Å²) in [5.74, 6) is -1.08. The van der Waals surface area contributed by atoms with Gasteiger partial charge in [-0.15, -0.1) is 0 Å². The van der Waals surface area contributed by atoms with Crippen molar-refractivity contribution in [1.29, 1.82) is 0 Å². The Bertz CT molecular complexity index is 284. The average Bonchev–Trinajstić information content (AvgIpc) is 2.11. The Hall–Kier alpha value is -0.360. The van der Waals surface area contributed by atoms with Gasteiger partial charge in [-0.3, -0.25) is 4.79 Å². The van der Waals surface area contributed by atoms with Crippen LogP contribution >= 0.6 is 25.3 Å². The molecule has 0 spiro atoms. The number of nitrogens with one attached hydrogen (secondary N) is 1. The van der Waals surface area contributed by atoms with Crippen LogP contribution in [0, 0.1) is 5.41 Å². The highest BCUT2D eigenvalue weighted by molar-refractivity contribution is 7.81. The van der Waals surface area contributed by atoms with Crippen LogP contribution < -0.4 is 5.32 Å². The van der Waals surface area contributed by atoms with Crippen molar-refractivity contribution in [3.05, 3.63) is 0 Å². The molecule has 0 saturated heterocycles. The van der Waals surface area contributed by atoms with E-state index in [2.05, 4.69) is 30.6 Å². The molecule has 0 bridgehead atoms. The zero-order chi connectivity index (χ0) is 13.1. The fourth-order valence-electron chi connectivity index (χ4n) is 0.939. The molecule has 0 radical (unpaired) electrons. The van der Waals surface area contributed by atoms with Crippen molar-refractivity contribution in [2.45, 2.75) is 38.5 Å². The van der Waals surface area contributed by atoms with Crippen LogP contribution in [0.15, 0.2) is 0 Å². The van der Waals surface area contributed by atoms with E-state index in [1.54, 1.807) is 27.7 Å². The van der Waals surface area contributed by atoms with E-state index in [-0.39, 0.29) is 5.91 Å². The minimum absolute atomic E-state index is 0.336. The maximum atomic E-state index is 11.8. The van der Waals surface area contributed by atoms with E-state index in [0.29, 0.717) is 5.75 Å². The molecular formula is C10H19NO3S2. The molecule has 0 aromatic rings. The summed E-state index contributed by atoms with van der Waals surface area (Å²) in [5.41, 5.74) is -0.699. The Morgan fingerprint density at radius 2 is 1.75 bits per heavy atom. The number of carbonyl (C=O) groups is 2. The number of thiol groups is 2. The Morgan fingerprint density at radius 1 is 1.31 bits per heavy atom. The zero-order valence-corrected chi connectivity index (χ0v) is 11.7. The van der Waals surface area contributed by atoms with Crippen LogP contribution in [0.2, 0.25) is 0 Å². The van der Waals surface area contributed by atoms with Gasteiger partial charge in [0.2, 0.25) is 5.91 Å². The van der Waals surface area contributed by atoms with E-state index >= 15 is 0 Å². The van der Waals surface area contributed by atoms with Gasteiger partial charge in [-0.2, -0.15) is 25.3 Å². The minimum Gasteiger partial charge on any atom is -0.480 e. The van der Waals surface area contributed by atoms with Crippen molar-refractivity contribution in [2.24, 2.45) is 5.41 Å². The summed E-state index contributed by atoms with van der Waals surface area (Å²) in [4.78, 5) is 22.8. The third-order valence-corrected chi connectivity index (χ3v) is 3.29. The van der Waals surface area contributed by atoms with Crippen LogP contribution in [0.5, 0.6) is 0 Å². The van der Waals surface area contributed by atoms with Crippen LogP contribution in [0.25, 0.3) is 0 Å². The van der Waals surface area contributed by atoms with Crippen LogP contribution in [0.3, 0.4) is 0 Å². The van der Waals surface area contributed by atoms with Crippen LogP contribution in [0.1, 0.15) is 27.7 Å². The molecule has 0 aromatic heterocycles. The first-order valence-electron chi connectivity index (χ1n) is 4.89. The summed E-state index contributed by atoms with van der Waals surface area (Å²) in [7, 11) is 0. The Labute approximate surface area is 107 Å². The second-order valence-electron chi connectivity index (χ2n) is 4.94. The fraction of sp³-hybridized carbons (Fsp3) is 0.800. The highest BCUT2D eigenvalue weighted by Crippen LogP contribution is 2.21. The van der Waals surface area contributed by atoms with Gasteiger partial charge in [0, 0.05) is 10.5 Å². The summed E-state index contributed by atoms with van der Waals surface area (Å²) < 4.78 is -0.825. The summed E-state index contributed by atoms with van der Waals surface area (Å²) in [6.07, 6.45) is 0. The highest BCUT2D eigenvalue weighted by Gasteiger charge is 2.37. The zero-order valence-electron chi connectivity index (χ0n) is 9.94. The molecule has 6 heteroatoms. The van der Waals surface area contributed by atoms with Gasteiger partial charge < -0.3 is 10.4 Å². The number of aliphatic carboxylic acids is 1. The van der Waals surface area contributed by atoms with Crippen LogP contribution in [-0.4, -0.2) is 33.5 Å². The van der Waals surface area contributed by atoms with E-state index in [1.165, 1.54) is 0 Å². The van der Waals surface area contributed by atoms with Crippen molar-refractivity contribution in [3.63, 3.8) is 0 Å². The predicted molar refractivity (Wildman–Crippen MR) is 70.3 cm³/mol. The van der Waals surface area contributed by atoms with Crippen LogP contribution in [0.4, 0.5) is 0 Å². The maximum absolute atomic E-state index is 11.8. The third kappa shape index (κ3) is 4.25. The fourth-order valence-corrected chi connectivity index (χ4v) is 1.26. The molecular weight excluding hydrogens is 246 g/mol. The lowest BCUT2D eigenvalue weighted by Gasteiger charge is -2.30. The first-order chi connectivity index (χ1) is 7.02. The maximum Gasteiger partial charge on any atom is 0.327 e. The smallest absolute Gasteiger partial charge is 0.327 e. The van der Waals surface area contributed by atoms with Gasteiger partial charge in [0.05, 0.1) is 5.41 Å². The normalized spacial score (nSPS) is 14.4. The second kappa shape index (κ2) is 5.31. The van der Waals surface area contributed by atoms with E-state index < -0.39 is 22.2 Å². The van der Waals surface area contributed by atoms with Gasteiger partial charge in [-0.1, -0.05) is 13.8 Å². The van der Waals surface area contributed by atoms with Crippen molar-refractivity contribution in [3.8, 4) is 0 Å². The molecule has 0 fully saturated rings. The van der Waals surface area contributed by atoms with Crippen molar-refractivity contribution < 1.29 is 14.7 Å². The SMILES string of the molecule is CC(C)(CS)C(=O)N[C@@H](C(=O)O)C(C)(C)S. The predicted octanol–water partition coefficient (Wildman–Crippen LogP) is 1.22. The molecule has 2 N–H and O–H groups in total. The lowest BCUT2D eigenvalue weighted by Crippen LogP contribution is -2.54. The lowest BCUT2D eigenvalue weighted by molar-refractivity contribution is -0.143. The molecule has 94 valence electrons. The van der Waals surface area contributed by atoms with Crippen molar-refractivity contribution in [2.75, 3.05) is 5.75 Å². The monoisotopic (exact) mass is 265 g/mol. The van der Waals surface area contributed by atoms with E-state index in [9.17, 15) is 9.59 Å². The molecule has 0 aliphatic heterocycles. The molecule has 16 heavy (non-hydrogen) atoms. The van der Waals surface area contributed by atoms with Crippen molar-refractivity contribution >= 4 is 37.1 Å². The lowest BCUT2D eigenvalue weighted by atomic mass is 9.93. The quantitative estimate of drug-likeness (QED) is 0.565. The van der Waals surface area contributed by atoms with Gasteiger partial charge in [0.15, 0.2) is 0 Å². The standard InChI is InChI=1S/C10H19NO3S2/c1-9(2,5-15)8(14)11-6(7(12)13)10(3,4)16/h6,15-16H,5H2,1-4H3,(H,11,14)(H,12,13)/t6-/m0/s1. The number of amides is 1. The molecule has 0 aromatic carbocycles. The first-order valence-corrected chi connectivity index (χ1v) is 5.97. The Morgan fingerprint density at radius 3 is 2.00 bits per heavy atom. The summed E-state index contributed by atoms with van der Waals surface area (Å²) >= 11 is 8.23. The molecule has 1 atom stereocenters. The molecule has 0 saturated carbocycles. The summed E-state index contributed by atoms with van der Waals surface area (Å²) in [5, 5.41) is 11.5. The summed E-state index contributed by atoms with van der Waals surface area (Å²) in [6.45, 7) is 6.70. The number of carboxylic acid groups (broad SMARTS) is 1. The van der Waals surface area contributed by atoms with Crippen molar-refractivity contribution in [1.82, 2.24) is 5.32 Å². The second-order valence-corrected chi connectivity index (χ2v) is 6.41. The Kier molecular flexibility index (Phi) is 5.19. The van der Waals surface area contributed by atoms with Gasteiger partial charge in [0.1, 0.15) is 6.04 Å². The first kappa shape index (κ1) is 15.6. The molecule has 0 rings (SSSR count). The third-order valence-electron chi connectivity index (χ3n) is 2.24. The topological polar surface area (TPSA) is 66.4 Å². The molecule has 1 amide bonds. The molecule has 0 aliphatic rings. The number of rotatable bonds is 5. The number of hydrogen-bond donors (Lipinski definition) is 4. The van der Waals surface area contributed by atoms with E-state index in [1.807, 2.05) is 0 Å². The largest absolute Gasteiger partial charge is 0.480 e. The van der Waals surface area contributed by atoms with E-state index in [4.69, 9.17) is 5.11 Å². The highest BCUT2D eigenvalue weighted by atomic mass is 32.1.